The van der Waals surface area contributed by atoms with E-state index in [0.29, 0.717) is 12.5 Å². The maximum absolute atomic E-state index is 11.4. The van der Waals surface area contributed by atoms with Crippen molar-refractivity contribution in [3.05, 3.63) is 34.9 Å². The smallest absolute Gasteiger partial charge is 0.212 e. The van der Waals surface area contributed by atoms with Crippen LogP contribution < -0.4 is 4.72 Å². The van der Waals surface area contributed by atoms with Crippen LogP contribution in [0.5, 0.6) is 0 Å². The van der Waals surface area contributed by atoms with E-state index in [1.165, 1.54) is 5.56 Å². The molecule has 0 fully saturated rings. The molecule has 1 aromatic carbocycles. The molecule has 88 valence electrons. The Morgan fingerprint density at radius 2 is 2.06 bits per heavy atom. The largest absolute Gasteiger partial charge is 0.216 e. The van der Waals surface area contributed by atoms with Crippen LogP contribution in [0.4, 0.5) is 0 Å². The lowest BCUT2D eigenvalue weighted by atomic mass is 9.98. The van der Waals surface area contributed by atoms with Crippen LogP contribution in [0.2, 0.25) is 0 Å². The third-order valence-electron chi connectivity index (χ3n) is 2.74. The van der Waals surface area contributed by atoms with Gasteiger partial charge in [0.1, 0.15) is 0 Å². The van der Waals surface area contributed by atoms with Crippen LogP contribution in [0.25, 0.3) is 0 Å². The lowest BCUT2D eigenvalue weighted by Crippen LogP contribution is -2.30. The number of hydrogen-bond donors (Lipinski definition) is 1. The van der Waals surface area contributed by atoms with Crippen LogP contribution in [0.1, 0.15) is 30.5 Å². The first-order valence-electron chi connectivity index (χ1n) is 5.54. The van der Waals surface area contributed by atoms with E-state index >= 15 is 0 Å². The maximum Gasteiger partial charge on any atom is 0.216 e. The fourth-order valence-corrected chi connectivity index (χ4v) is 3.18. The third kappa shape index (κ3) is 2.62. The van der Waals surface area contributed by atoms with E-state index in [1.807, 2.05) is 12.1 Å². The van der Waals surface area contributed by atoms with E-state index in [2.05, 4.69) is 24.6 Å². The molecule has 1 aliphatic rings. The molecule has 1 heterocycles. The summed E-state index contributed by atoms with van der Waals surface area (Å²) in [5.74, 6) is 0.713. The summed E-state index contributed by atoms with van der Waals surface area (Å²) in [6, 6.07) is 6.17. The van der Waals surface area contributed by atoms with Gasteiger partial charge in [0.15, 0.2) is 0 Å². The van der Waals surface area contributed by atoms with Crippen molar-refractivity contribution in [3.8, 4) is 0 Å². The first-order valence-corrected chi connectivity index (χ1v) is 7.19. The molecule has 2 rings (SSSR count). The molecule has 0 atom stereocenters. The standard InChI is InChI=1S/C12H17NO2S/c1-9(2)5-10-3-4-11-7-13-16(14,15)8-12(11)6-10/h3-4,6,9,13H,5,7-8H2,1-2H3. The van der Waals surface area contributed by atoms with E-state index in [0.717, 1.165) is 17.5 Å². The lowest BCUT2D eigenvalue weighted by Gasteiger charge is -2.18. The van der Waals surface area contributed by atoms with Gasteiger partial charge >= 0.3 is 0 Å². The number of fused-ring (bicyclic) bond motifs is 1. The minimum atomic E-state index is -3.09. The molecular formula is C12H17NO2S. The molecular weight excluding hydrogens is 222 g/mol. The average Bonchev–Trinajstić information content (AvgIpc) is 2.14. The Balaban J connectivity index is 2.31. The molecule has 0 aliphatic carbocycles. The molecule has 0 bridgehead atoms. The monoisotopic (exact) mass is 239 g/mol. The second-order valence-electron chi connectivity index (χ2n) is 4.78. The van der Waals surface area contributed by atoms with E-state index in [4.69, 9.17) is 0 Å². The van der Waals surface area contributed by atoms with E-state index in [-0.39, 0.29) is 5.75 Å². The Labute approximate surface area is 96.9 Å². The Morgan fingerprint density at radius 3 is 2.75 bits per heavy atom. The van der Waals surface area contributed by atoms with Crippen LogP contribution in [0.3, 0.4) is 0 Å². The van der Waals surface area contributed by atoms with Crippen LogP contribution in [-0.4, -0.2) is 8.42 Å². The van der Waals surface area contributed by atoms with Crippen molar-refractivity contribution in [1.82, 2.24) is 4.72 Å². The molecule has 0 aromatic heterocycles. The predicted molar refractivity (Wildman–Crippen MR) is 64.4 cm³/mol. The zero-order valence-electron chi connectivity index (χ0n) is 9.66. The summed E-state index contributed by atoms with van der Waals surface area (Å²) in [7, 11) is -3.09. The Morgan fingerprint density at radius 1 is 1.31 bits per heavy atom. The SMILES string of the molecule is CC(C)Cc1ccc2c(c1)CS(=O)(=O)NC2. The molecule has 0 saturated carbocycles. The zero-order chi connectivity index (χ0) is 11.8. The van der Waals surface area contributed by atoms with Crippen LogP contribution >= 0.6 is 0 Å². The maximum atomic E-state index is 11.4. The van der Waals surface area contributed by atoms with Crippen LogP contribution in [0.15, 0.2) is 18.2 Å². The van der Waals surface area contributed by atoms with Gasteiger partial charge in [0.2, 0.25) is 10.0 Å². The van der Waals surface area contributed by atoms with Gasteiger partial charge in [0.05, 0.1) is 5.75 Å². The summed E-state index contributed by atoms with van der Waals surface area (Å²) in [6.45, 7) is 4.76. The van der Waals surface area contributed by atoms with E-state index in [9.17, 15) is 8.42 Å². The van der Waals surface area contributed by atoms with Crippen molar-refractivity contribution in [3.63, 3.8) is 0 Å². The molecule has 0 radical (unpaired) electrons. The van der Waals surface area contributed by atoms with Gasteiger partial charge < -0.3 is 0 Å². The molecule has 0 spiro atoms. The highest BCUT2D eigenvalue weighted by Crippen LogP contribution is 2.20. The van der Waals surface area contributed by atoms with Gasteiger partial charge in [-0.25, -0.2) is 13.1 Å². The Kier molecular flexibility index (Phi) is 3.04. The summed E-state index contributed by atoms with van der Waals surface area (Å²) in [4.78, 5) is 0. The molecule has 16 heavy (non-hydrogen) atoms. The molecule has 1 aliphatic heterocycles. The number of sulfonamides is 1. The highest BCUT2D eigenvalue weighted by Gasteiger charge is 2.20. The van der Waals surface area contributed by atoms with Crippen molar-refractivity contribution >= 4 is 10.0 Å². The summed E-state index contributed by atoms with van der Waals surface area (Å²) in [6.07, 6.45) is 1.00. The molecule has 3 nitrogen and oxygen atoms in total. The summed E-state index contributed by atoms with van der Waals surface area (Å²) < 4.78 is 25.4. The minimum absolute atomic E-state index is 0.119. The predicted octanol–water partition coefficient (Wildman–Crippen LogP) is 1.82. The van der Waals surface area contributed by atoms with Crippen molar-refractivity contribution in [1.29, 1.82) is 0 Å². The van der Waals surface area contributed by atoms with Gasteiger partial charge in [-0.05, 0) is 29.0 Å². The quantitative estimate of drug-likeness (QED) is 0.855. The van der Waals surface area contributed by atoms with Gasteiger partial charge in [0, 0.05) is 6.54 Å². The van der Waals surface area contributed by atoms with Gasteiger partial charge in [0.25, 0.3) is 0 Å². The second-order valence-corrected chi connectivity index (χ2v) is 6.59. The molecule has 4 heteroatoms. The highest BCUT2D eigenvalue weighted by molar-refractivity contribution is 7.88. The topological polar surface area (TPSA) is 46.2 Å². The van der Waals surface area contributed by atoms with E-state index in [1.54, 1.807) is 0 Å². The first kappa shape index (κ1) is 11.6. The fraction of sp³-hybridized carbons (Fsp3) is 0.500. The zero-order valence-corrected chi connectivity index (χ0v) is 10.5. The van der Waals surface area contributed by atoms with E-state index < -0.39 is 10.0 Å². The minimum Gasteiger partial charge on any atom is -0.212 e. The van der Waals surface area contributed by atoms with Crippen molar-refractivity contribution in [2.45, 2.75) is 32.6 Å². The fourth-order valence-electron chi connectivity index (χ4n) is 2.03. The first-order chi connectivity index (χ1) is 7.46. The van der Waals surface area contributed by atoms with Crippen molar-refractivity contribution in [2.75, 3.05) is 0 Å². The number of hydrogen-bond acceptors (Lipinski definition) is 2. The highest BCUT2D eigenvalue weighted by atomic mass is 32.2. The lowest BCUT2D eigenvalue weighted by molar-refractivity contribution is 0.575. The average molecular weight is 239 g/mol. The molecule has 0 saturated heterocycles. The summed E-state index contributed by atoms with van der Waals surface area (Å²) in [5, 5.41) is 0. The van der Waals surface area contributed by atoms with Crippen molar-refractivity contribution in [2.24, 2.45) is 5.92 Å². The van der Waals surface area contributed by atoms with Crippen LogP contribution in [-0.2, 0) is 28.7 Å². The van der Waals surface area contributed by atoms with Crippen LogP contribution in [0, 0.1) is 5.92 Å². The van der Waals surface area contributed by atoms with Crippen molar-refractivity contribution < 1.29 is 8.42 Å². The normalized spacial score (nSPS) is 18.4. The second kappa shape index (κ2) is 4.18. The van der Waals surface area contributed by atoms with Gasteiger partial charge in [-0.15, -0.1) is 0 Å². The number of nitrogens with one attached hydrogen (secondary N) is 1. The Bertz CT molecular complexity index is 492. The number of rotatable bonds is 2. The molecule has 1 N–H and O–H groups in total. The molecule has 0 unspecified atom stereocenters. The van der Waals surface area contributed by atoms with Gasteiger partial charge in [-0.3, -0.25) is 0 Å². The Hall–Kier alpha value is -0.870. The van der Waals surface area contributed by atoms with Gasteiger partial charge in [-0.1, -0.05) is 32.0 Å². The molecule has 1 aromatic rings. The number of benzene rings is 1. The molecule has 0 amide bonds. The third-order valence-corrected chi connectivity index (χ3v) is 4.02. The van der Waals surface area contributed by atoms with Gasteiger partial charge in [-0.2, -0.15) is 0 Å². The summed E-state index contributed by atoms with van der Waals surface area (Å²) >= 11 is 0. The summed E-state index contributed by atoms with van der Waals surface area (Å²) in [5.41, 5.74) is 3.28.